The van der Waals surface area contributed by atoms with Crippen molar-refractivity contribution in [2.24, 2.45) is 0 Å². The van der Waals surface area contributed by atoms with E-state index in [0.29, 0.717) is 5.39 Å². The fourth-order valence-electron chi connectivity index (χ4n) is 2.89. The second-order valence-electron chi connectivity index (χ2n) is 6.54. The zero-order valence-corrected chi connectivity index (χ0v) is 16.4. The zero-order valence-electron chi connectivity index (χ0n) is 13.2. The Balaban J connectivity index is 2.20. The highest BCUT2D eigenvalue weighted by Crippen LogP contribution is 2.43. The highest BCUT2D eigenvalue weighted by atomic mass is 79.9. The van der Waals surface area contributed by atoms with Gasteiger partial charge in [0.2, 0.25) is 10.0 Å². The Morgan fingerprint density at radius 2 is 2.12 bits per heavy atom. The SMILES string of the molecule is CC(C)(F)CNS(=O)(=O)c1cc2c(c3cnc(Cl)cc13)CCC2Br. The van der Waals surface area contributed by atoms with Gasteiger partial charge in [0.1, 0.15) is 10.8 Å². The second kappa shape index (κ2) is 6.20. The minimum atomic E-state index is -3.88. The van der Waals surface area contributed by atoms with Gasteiger partial charge >= 0.3 is 0 Å². The summed E-state index contributed by atoms with van der Waals surface area (Å²) in [5.41, 5.74) is 0.379. The van der Waals surface area contributed by atoms with Gasteiger partial charge in [0, 0.05) is 28.3 Å². The van der Waals surface area contributed by atoms with Crippen molar-refractivity contribution in [1.29, 1.82) is 0 Å². The molecule has 1 aromatic heterocycles. The lowest BCUT2D eigenvalue weighted by Gasteiger charge is -2.17. The Hall–Kier alpha value is -0.760. The number of rotatable bonds is 4. The fourth-order valence-corrected chi connectivity index (χ4v) is 5.11. The van der Waals surface area contributed by atoms with Gasteiger partial charge in [0.05, 0.1) is 4.90 Å². The molecule has 8 heteroatoms. The van der Waals surface area contributed by atoms with E-state index in [1.807, 2.05) is 0 Å². The molecule has 1 unspecified atom stereocenters. The van der Waals surface area contributed by atoms with Gasteiger partial charge < -0.3 is 0 Å². The first-order chi connectivity index (χ1) is 11.1. The molecule has 0 spiro atoms. The Morgan fingerprint density at radius 3 is 2.79 bits per heavy atom. The van der Waals surface area contributed by atoms with E-state index in [1.165, 1.54) is 13.8 Å². The number of pyridine rings is 1. The number of alkyl halides is 2. The highest BCUT2D eigenvalue weighted by molar-refractivity contribution is 9.09. The molecule has 1 aliphatic carbocycles. The molecule has 1 N–H and O–H groups in total. The van der Waals surface area contributed by atoms with Gasteiger partial charge in [-0.05, 0) is 49.9 Å². The first kappa shape index (κ1) is 18.0. The summed E-state index contributed by atoms with van der Waals surface area (Å²) in [6.45, 7) is 2.35. The van der Waals surface area contributed by atoms with Crippen molar-refractivity contribution in [3.05, 3.63) is 34.6 Å². The average Bonchev–Trinajstić information content (AvgIpc) is 2.85. The van der Waals surface area contributed by atoms with E-state index >= 15 is 0 Å². The molecule has 130 valence electrons. The molecule has 1 heterocycles. The molecule has 1 aliphatic rings. The molecule has 1 atom stereocenters. The van der Waals surface area contributed by atoms with Gasteiger partial charge in [-0.15, -0.1) is 0 Å². The zero-order chi connectivity index (χ0) is 17.7. The minimum absolute atomic E-state index is 0.0964. The third-order valence-electron chi connectivity index (χ3n) is 4.05. The van der Waals surface area contributed by atoms with Crippen LogP contribution in [0.15, 0.2) is 23.2 Å². The molecular formula is C16H17BrClFN2O2S. The average molecular weight is 436 g/mol. The van der Waals surface area contributed by atoms with E-state index in [2.05, 4.69) is 25.6 Å². The van der Waals surface area contributed by atoms with Crippen LogP contribution in [0.25, 0.3) is 10.8 Å². The molecule has 1 aromatic carbocycles. The second-order valence-corrected chi connectivity index (χ2v) is 9.77. The number of aryl methyl sites for hydroxylation is 1. The Bertz CT molecular complexity index is 912. The van der Waals surface area contributed by atoms with Gasteiger partial charge in [-0.1, -0.05) is 27.5 Å². The Labute approximate surface area is 154 Å². The van der Waals surface area contributed by atoms with Crippen LogP contribution in [-0.4, -0.2) is 25.6 Å². The molecular weight excluding hydrogens is 419 g/mol. The molecule has 0 saturated heterocycles. The number of nitrogens with zero attached hydrogens (tertiary/aromatic N) is 1. The van der Waals surface area contributed by atoms with Crippen molar-refractivity contribution in [1.82, 2.24) is 9.71 Å². The number of benzene rings is 1. The van der Waals surface area contributed by atoms with Crippen LogP contribution in [0.3, 0.4) is 0 Å². The summed E-state index contributed by atoms with van der Waals surface area (Å²) in [5, 5.41) is 1.51. The molecule has 4 nitrogen and oxygen atoms in total. The summed E-state index contributed by atoms with van der Waals surface area (Å²) in [7, 11) is -3.88. The maximum absolute atomic E-state index is 13.7. The predicted octanol–water partition coefficient (Wildman–Crippen LogP) is 4.30. The maximum Gasteiger partial charge on any atom is 0.241 e. The molecule has 24 heavy (non-hydrogen) atoms. The minimum Gasteiger partial charge on any atom is -0.244 e. The molecule has 2 aromatic rings. The summed E-state index contributed by atoms with van der Waals surface area (Å²) in [6, 6.07) is 3.21. The monoisotopic (exact) mass is 434 g/mol. The van der Waals surface area contributed by atoms with E-state index in [0.717, 1.165) is 29.4 Å². The number of halogens is 3. The topological polar surface area (TPSA) is 59.1 Å². The fraction of sp³-hybridized carbons (Fsp3) is 0.438. The highest BCUT2D eigenvalue weighted by Gasteiger charge is 2.29. The number of sulfonamides is 1. The molecule has 0 bridgehead atoms. The third-order valence-corrected chi connectivity index (χ3v) is 6.65. The van der Waals surface area contributed by atoms with Gasteiger partial charge in [-0.3, -0.25) is 0 Å². The number of hydrogen-bond acceptors (Lipinski definition) is 3. The molecule has 0 amide bonds. The van der Waals surface area contributed by atoms with E-state index in [-0.39, 0.29) is 21.4 Å². The quantitative estimate of drug-likeness (QED) is 0.575. The largest absolute Gasteiger partial charge is 0.244 e. The number of hydrogen-bond donors (Lipinski definition) is 1. The number of nitrogens with one attached hydrogen (secondary N) is 1. The first-order valence-electron chi connectivity index (χ1n) is 7.52. The maximum atomic E-state index is 13.7. The van der Waals surface area contributed by atoms with Crippen LogP contribution >= 0.6 is 27.5 Å². The van der Waals surface area contributed by atoms with Crippen molar-refractivity contribution in [2.75, 3.05) is 6.54 Å². The molecule has 3 rings (SSSR count). The Kier molecular flexibility index (Phi) is 4.66. The Morgan fingerprint density at radius 1 is 1.42 bits per heavy atom. The van der Waals surface area contributed by atoms with Crippen molar-refractivity contribution >= 4 is 48.3 Å². The van der Waals surface area contributed by atoms with Gasteiger partial charge in [0.25, 0.3) is 0 Å². The van der Waals surface area contributed by atoms with Crippen molar-refractivity contribution in [3.8, 4) is 0 Å². The van der Waals surface area contributed by atoms with Crippen LogP contribution in [0, 0.1) is 0 Å². The van der Waals surface area contributed by atoms with Crippen LogP contribution in [-0.2, 0) is 16.4 Å². The first-order valence-corrected chi connectivity index (χ1v) is 10.3. The van der Waals surface area contributed by atoms with Crippen molar-refractivity contribution in [3.63, 3.8) is 0 Å². The van der Waals surface area contributed by atoms with Crippen LogP contribution < -0.4 is 4.72 Å². The lowest BCUT2D eigenvalue weighted by molar-refractivity contribution is 0.221. The van der Waals surface area contributed by atoms with Crippen molar-refractivity contribution in [2.45, 2.75) is 42.1 Å². The van der Waals surface area contributed by atoms with Gasteiger partial charge in [-0.2, -0.15) is 0 Å². The summed E-state index contributed by atoms with van der Waals surface area (Å²) in [5.74, 6) is 0. The predicted molar refractivity (Wildman–Crippen MR) is 97.1 cm³/mol. The van der Waals surface area contributed by atoms with E-state index in [4.69, 9.17) is 11.6 Å². The van der Waals surface area contributed by atoms with Crippen LogP contribution in [0.2, 0.25) is 5.15 Å². The summed E-state index contributed by atoms with van der Waals surface area (Å²) >= 11 is 9.56. The lowest BCUT2D eigenvalue weighted by atomic mass is 10.0. The van der Waals surface area contributed by atoms with E-state index in [1.54, 1.807) is 18.3 Å². The van der Waals surface area contributed by atoms with Gasteiger partial charge in [0.15, 0.2) is 0 Å². The van der Waals surface area contributed by atoms with E-state index < -0.39 is 15.7 Å². The standard InChI is InChI=1S/C16H17BrClFN2O2S/c1-16(2,19)8-21-24(22,23)14-5-10-9(3-4-13(10)17)12-7-20-15(18)6-11(12)14/h5-7,13,21H,3-4,8H2,1-2H3. The number of fused-ring (bicyclic) bond motifs is 3. The molecule has 0 fully saturated rings. The van der Waals surface area contributed by atoms with Crippen molar-refractivity contribution < 1.29 is 12.8 Å². The van der Waals surface area contributed by atoms with Gasteiger partial charge in [-0.25, -0.2) is 22.5 Å². The summed E-state index contributed by atoms with van der Waals surface area (Å²) < 4.78 is 41.6. The molecule has 0 aliphatic heterocycles. The van der Waals surface area contributed by atoms with E-state index in [9.17, 15) is 12.8 Å². The van der Waals surface area contributed by atoms with Crippen LogP contribution in [0.5, 0.6) is 0 Å². The normalized spacial score (nSPS) is 18.1. The summed E-state index contributed by atoms with van der Waals surface area (Å²) in [6.07, 6.45) is 3.34. The van der Waals surface area contributed by atoms with Crippen LogP contribution in [0.1, 0.15) is 36.2 Å². The smallest absolute Gasteiger partial charge is 0.241 e. The molecule has 0 saturated carbocycles. The molecule has 0 radical (unpaired) electrons. The third kappa shape index (κ3) is 3.45. The lowest BCUT2D eigenvalue weighted by Crippen LogP contribution is -2.35. The summed E-state index contributed by atoms with van der Waals surface area (Å²) in [4.78, 5) is 4.30. The van der Waals surface area contributed by atoms with Crippen LogP contribution in [0.4, 0.5) is 4.39 Å². The number of aromatic nitrogens is 1.